The first-order valence-electron chi connectivity index (χ1n) is 5.34. The quantitative estimate of drug-likeness (QED) is 0.782. The first kappa shape index (κ1) is 11.1. The molecule has 80 valence electrons. The van der Waals surface area contributed by atoms with Gasteiger partial charge in [0, 0.05) is 25.4 Å². The van der Waals surface area contributed by atoms with Gasteiger partial charge in [-0.2, -0.15) is 5.10 Å². The van der Waals surface area contributed by atoms with Crippen LogP contribution < -0.4 is 5.32 Å². The Balaban J connectivity index is 2.30. The zero-order valence-corrected chi connectivity index (χ0v) is 9.62. The predicted octanol–water partition coefficient (Wildman–Crippen LogP) is 2.66. The number of rotatable bonds is 5. The largest absolute Gasteiger partial charge is 0.366 e. The summed E-state index contributed by atoms with van der Waals surface area (Å²) in [7, 11) is 1.93. The summed E-state index contributed by atoms with van der Waals surface area (Å²) in [5, 5.41) is 7.67. The highest BCUT2D eigenvalue weighted by atomic mass is 15.3. The molecule has 0 bridgehead atoms. The minimum absolute atomic E-state index is 0.507. The number of nitrogens with zero attached hydrogens (tertiary/aromatic N) is 2. The molecule has 0 spiro atoms. The summed E-state index contributed by atoms with van der Waals surface area (Å²) in [5.74, 6) is 1.76. The molecular formula is C11H21N3. The van der Waals surface area contributed by atoms with Crippen molar-refractivity contribution in [2.45, 2.75) is 39.7 Å². The molecule has 0 saturated heterocycles. The molecule has 1 heterocycles. The topological polar surface area (TPSA) is 29.9 Å². The lowest BCUT2D eigenvalue weighted by Gasteiger charge is -2.14. The third kappa shape index (κ3) is 3.81. The van der Waals surface area contributed by atoms with E-state index in [9.17, 15) is 0 Å². The van der Waals surface area contributed by atoms with Gasteiger partial charge in [-0.15, -0.1) is 0 Å². The standard InChI is InChI=1S/C11H21N3/c1-9(2)5-6-10(3)12-11-7-8-14(4)13-11/h7-10H,5-6H2,1-4H3,(H,12,13)/t10-/m1/s1. The van der Waals surface area contributed by atoms with Crippen molar-refractivity contribution in [1.29, 1.82) is 0 Å². The highest BCUT2D eigenvalue weighted by molar-refractivity contribution is 5.33. The highest BCUT2D eigenvalue weighted by Crippen LogP contribution is 2.10. The van der Waals surface area contributed by atoms with Crippen LogP contribution in [-0.2, 0) is 7.05 Å². The van der Waals surface area contributed by atoms with Crippen LogP contribution in [0.4, 0.5) is 5.82 Å². The summed E-state index contributed by atoms with van der Waals surface area (Å²) in [5.41, 5.74) is 0. The van der Waals surface area contributed by atoms with Gasteiger partial charge < -0.3 is 5.32 Å². The number of hydrogen-bond donors (Lipinski definition) is 1. The molecule has 0 aromatic carbocycles. The molecule has 0 aliphatic rings. The zero-order valence-electron chi connectivity index (χ0n) is 9.62. The highest BCUT2D eigenvalue weighted by Gasteiger charge is 2.04. The maximum Gasteiger partial charge on any atom is 0.148 e. The number of aryl methyl sites for hydroxylation is 1. The van der Waals surface area contributed by atoms with Gasteiger partial charge in [-0.3, -0.25) is 4.68 Å². The Hall–Kier alpha value is -0.990. The molecule has 1 atom stereocenters. The van der Waals surface area contributed by atoms with Crippen molar-refractivity contribution in [3.05, 3.63) is 12.3 Å². The van der Waals surface area contributed by atoms with Crippen molar-refractivity contribution in [2.75, 3.05) is 5.32 Å². The fourth-order valence-electron chi connectivity index (χ4n) is 1.40. The molecule has 0 aliphatic carbocycles. The molecule has 1 N–H and O–H groups in total. The Kier molecular flexibility index (Phi) is 3.98. The molecule has 0 fully saturated rings. The molecule has 1 aromatic heterocycles. The lowest BCUT2D eigenvalue weighted by atomic mass is 10.0. The van der Waals surface area contributed by atoms with Crippen molar-refractivity contribution in [3.8, 4) is 0 Å². The second kappa shape index (κ2) is 5.03. The molecule has 0 aliphatic heterocycles. The molecule has 3 heteroatoms. The first-order valence-corrected chi connectivity index (χ1v) is 5.34. The molecule has 1 rings (SSSR count). The summed E-state index contributed by atoms with van der Waals surface area (Å²) in [6, 6.07) is 2.51. The van der Waals surface area contributed by atoms with E-state index in [1.165, 1.54) is 12.8 Å². The van der Waals surface area contributed by atoms with Gasteiger partial charge in [0.25, 0.3) is 0 Å². The van der Waals surface area contributed by atoms with Crippen LogP contribution in [0.25, 0.3) is 0 Å². The van der Waals surface area contributed by atoms with Crippen LogP contribution in [0.15, 0.2) is 12.3 Å². The Morgan fingerprint density at radius 1 is 1.36 bits per heavy atom. The normalized spacial score (nSPS) is 13.2. The van der Waals surface area contributed by atoms with Crippen LogP contribution in [-0.4, -0.2) is 15.8 Å². The van der Waals surface area contributed by atoms with E-state index in [4.69, 9.17) is 0 Å². The summed E-state index contributed by atoms with van der Waals surface area (Å²) >= 11 is 0. The monoisotopic (exact) mass is 195 g/mol. The van der Waals surface area contributed by atoms with Crippen LogP contribution >= 0.6 is 0 Å². The minimum atomic E-state index is 0.507. The lowest BCUT2D eigenvalue weighted by Crippen LogP contribution is -2.16. The van der Waals surface area contributed by atoms with Gasteiger partial charge in [0.05, 0.1) is 0 Å². The molecule has 0 amide bonds. The van der Waals surface area contributed by atoms with Gasteiger partial charge in [0.1, 0.15) is 5.82 Å². The average molecular weight is 195 g/mol. The average Bonchev–Trinajstić information content (AvgIpc) is 2.48. The van der Waals surface area contributed by atoms with Gasteiger partial charge in [-0.05, 0) is 25.7 Å². The van der Waals surface area contributed by atoms with Gasteiger partial charge in [-0.1, -0.05) is 13.8 Å². The Morgan fingerprint density at radius 3 is 2.57 bits per heavy atom. The molecule has 14 heavy (non-hydrogen) atoms. The van der Waals surface area contributed by atoms with Crippen LogP contribution in [0.2, 0.25) is 0 Å². The Morgan fingerprint density at radius 2 is 2.07 bits per heavy atom. The molecule has 0 saturated carbocycles. The molecule has 0 radical (unpaired) electrons. The smallest absolute Gasteiger partial charge is 0.148 e. The van der Waals surface area contributed by atoms with E-state index >= 15 is 0 Å². The van der Waals surface area contributed by atoms with Gasteiger partial charge in [-0.25, -0.2) is 0 Å². The third-order valence-electron chi connectivity index (χ3n) is 2.28. The van der Waals surface area contributed by atoms with Crippen molar-refractivity contribution < 1.29 is 0 Å². The second-order valence-electron chi connectivity index (χ2n) is 4.39. The van der Waals surface area contributed by atoms with Crippen LogP contribution in [0.1, 0.15) is 33.6 Å². The number of hydrogen-bond acceptors (Lipinski definition) is 2. The van der Waals surface area contributed by atoms with Crippen molar-refractivity contribution in [1.82, 2.24) is 9.78 Å². The molecule has 3 nitrogen and oxygen atoms in total. The summed E-state index contributed by atoms with van der Waals surface area (Å²) < 4.78 is 1.82. The molecular weight excluding hydrogens is 174 g/mol. The third-order valence-corrected chi connectivity index (χ3v) is 2.28. The number of anilines is 1. The van der Waals surface area contributed by atoms with E-state index in [0.29, 0.717) is 6.04 Å². The van der Waals surface area contributed by atoms with Crippen LogP contribution in [0.5, 0.6) is 0 Å². The minimum Gasteiger partial charge on any atom is -0.366 e. The fourth-order valence-corrected chi connectivity index (χ4v) is 1.40. The van der Waals surface area contributed by atoms with Gasteiger partial charge in [0.2, 0.25) is 0 Å². The maximum atomic E-state index is 4.28. The van der Waals surface area contributed by atoms with Gasteiger partial charge >= 0.3 is 0 Å². The predicted molar refractivity (Wildman–Crippen MR) is 60.4 cm³/mol. The Labute approximate surface area is 86.5 Å². The van der Waals surface area contributed by atoms with Crippen LogP contribution in [0.3, 0.4) is 0 Å². The maximum absolute atomic E-state index is 4.28. The lowest BCUT2D eigenvalue weighted by molar-refractivity contribution is 0.526. The van der Waals surface area contributed by atoms with E-state index in [0.717, 1.165) is 11.7 Å². The van der Waals surface area contributed by atoms with Crippen molar-refractivity contribution in [3.63, 3.8) is 0 Å². The number of aromatic nitrogens is 2. The fraction of sp³-hybridized carbons (Fsp3) is 0.727. The summed E-state index contributed by atoms with van der Waals surface area (Å²) in [4.78, 5) is 0. The van der Waals surface area contributed by atoms with E-state index in [1.807, 2.05) is 24.0 Å². The van der Waals surface area contributed by atoms with E-state index in [2.05, 4.69) is 31.2 Å². The summed E-state index contributed by atoms with van der Waals surface area (Å²) in [6.45, 7) is 6.72. The van der Waals surface area contributed by atoms with Gasteiger partial charge in [0.15, 0.2) is 0 Å². The van der Waals surface area contributed by atoms with E-state index < -0.39 is 0 Å². The second-order valence-corrected chi connectivity index (χ2v) is 4.39. The zero-order chi connectivity index (χ0) is 10.6. The van der Waals surface area contributed by atoms with Crippen molar-refractivity contribution >= 4 is 5.82 Å². The van der Waals surface area contributed by atoms with Crippen LogP contribution in [0, 0.1) is 5.92 Å². The summed E-state index contributed by atoms with van der Waals surface area (Å²) in [6.07, 6.45) is 4.42. The molecule has 1 aromatic rings. The molecule has 0 unspecified atom stereocenters. The van der Waals surface area contributed by atoms with Crippen molar-refractivity contribution in [2.24, 2.45) is 13.0 Å². The first-order chi connectivity index (χ1) is 6.58. The van der Waals surface area contributed by atoms with E-state index in [1.54, 1.807) is 0 Å². The SMILES string of the molecule is CC(C)CC[C@@H](C)Nc1ccn(C)n1. The number of nitrogens with one attached hydrogen (secondary N) is 1. The Bertz CT molecular complexity index is 265. The van der Waals surface area contributed by atoms with E-state index in [-0.39, 0.29) is 0 Å².